The van der Waals surface area contributed by atoms with Gasteiger partial charge in [-0.15, -0.1) is 0 Å². The van der Waals surface area contributed by atoms with E-state index in [4.69, 9.17) is 23.5 Å². The first-order chi connectivity index (χ1) is 17.8. The SMILES string of the molecule is CC(=O)OC[C@H]1O[C@@H](n2cc(C=CC(=O)O)c(=O)[nH]c2=O)[C@H](OC(C)=O)[C@H]1OS(=O)(=O)c1ccc(C)cc1. The number of aliphatic carboxylic acids is 1. The molecule has 2 aromatic rings. The molecule has 1 saturated heterocycles. The van der Waals surface area contributed by atoms with Crippen LogP contribution in [0.5, 0.6) is 0 Å². The van der Waals surface area contributed by atoms with E-state index in [1.165, 1.54) is 24.3 Å². The molecule has 4 atom stereocenters. The highest BCUT2D eigenvalue weighted by molar-refractivity contribution is 7.86. The van der Waals surface area contributed by atoms with Crippen molar-refractivity contribution >= 4 is 34.1 Å². The molecule has 15 heteroatoms. The molecule has 2 heterocycles. The number of aromatic amines is 1. The Labute approximate surface area is 215 Å². The van der Waals surface area contributed by atoms with Crippen LogP contribution in [0.2, 0.25) is 0 Å². The van der Waals surface area contributed by atoms with Crippen LogP contribution in [0, 0.1) is 6.92 Å². The Morgan fingerprint density at radius 3 is 2.34 bits per heavy atom. The molecule has 1 fully saturated rings. The number of nitrogens with zero attached hydrogens (tertiary/aromatic N) is 1. The predicted molar refractivity (Wildman–Crippen MR) is 127 cm³/mol. The lowest BCUT2D eigenvalue weighted by atomic mass is 10.1. The van der Waals surface area contributed by atoms with E-state index in [2.05, 4.69) is 0 Å². The van der Waals surface area contributed by atoms with Crippen LogP contribution < -0.4 is 11.2 Å². The molecule has 0 spiro atoms. The average molecular weight is 553 g/mol. The summed E-state index contributed by atoms with van der Waals surface area (Å²) >= 11 is 0. The molecule has 0 aliphatic carbocycles. The van der Waals surface area contributed by atoms with E-state index < -0.39 is 70.4 Å². The minimum absolute atomic E-state index is 0.221. The van der Waals surface area contributed by atoms with Crippen LogP contribution in [0.25, 0.3) is 6.08 Å². The third kappa shape index (κ3) is 6.81. The quantitative estimate of drug-likeness (QED) is 0.242. The van der Waals surface area contributed by atoms with Crippen molar-refractivity contribution in [3.63, 3.8) is 0 Å². The normalized spacial score (nSPS) is 21.3. The molecule has 0 saturated carbocycles. The smallest absolute Gasteiger partial charge is 0.330 e. The third-order valence-corrected chi connectivity index (χ3v) is 6.59. The van der Waals surface area contributed by atoms with Crippen LogP contribution in [0.3, 0.4) is 0 Å². The highest BCUT2D eigenvalue weighted by Crippen LogP contribution is 2.35. The van der Waals surface area contributed by atoms with Crippen LogP contribution in [0.4, 0.5) is 0 Å². The molecule has 3 rings (SSSR count). The first-order valence-electron chi connectivity index (χ1n) is 11.0. The van der Waals surface area contributed by atoms with E-state index in [0.717, 1.165) is 36.3 Å². The second kappa shape index (κ2) is 11.5. The lowest BCUT2D eigenvalue weighted by molar-refractivity contribution is -0.155. The number of rotatable bonds is 9. The van der Waals surface area contributed by atoms with Crippen LogP contribution in [0.1, 0.15) is 31.2 Å². The molecule has 1 aromatic carbocycles. The van der Waals surface area contributed by atoms with Gasteiger partial charge in [0, 0.05) is 26.1 Å². The number of benzene rings is 1. The van der Waals surface area contributed by atoms with E-state index >= 15 is 0 Å². The van der Waals surface area contributed by atoms with E-state index in [0.29, 0.717) is 6.08 Å². The fourth-order valence-corrected chi connectivity index (χ4v) is 4.68. The van der Waals surface area contributed by atoms with Crippen molar-refractivity contribution in [3.8, 4) is 0 Å². The van der Waals surface area contributed by atoms with Gasteiger partial charge in [0.1, 0.15) is 18.8 Å². The van der Waals surface area contributed by atoms with Crippen molar-refractivity contribution in [1.29, 1.82) is 0 Å². The summed E-state index contributed by atoms with van der Waals surface area (Å²) in [5.74, 6) is -2.99. The lowest BCUT2D eigenvalue weighted by Gasteiger charge is -2.24. The van der Waals surface area contributed by atoms with Crippen LogP contribution in [-0.2, 0) is 42.9 Å². The minimum Gasteiger partial charge on any atom is -0.478 e. The van der Waals surface area contributed by atoms with Crippen molar-refractivity contribution in [1.82, 2.24) is 9.55 Å². The van der Waals surface area contributed by atoms with Gasteiger partial charge in [0.05, 0.1) is 10.5 Å². The Balaban J connectivity index is 2.10. The van der Waals surface area contributed by atoms with Crippen LogP contribution in [-0.4, -0.2) is 65.9 Å². The number of aromatic nitrogens is 2. The molecule has 1 aliphatic heterocycles. The van der Waals surface area contributed by atoms with Crippen molar-refractivity contribution in [2.75, 3.05) is 6.61 Å². The van der Waals surface area contributed by atoms with Gasteiger partial charge in [-0.3, -0.25) is 28.1 Å². The molecule has 0 unspecified atom stereocenters. The Hall–Kier alpha value is -4.08. The molecule has 0 amide bonds. The first kappa shape index (κ1) is 28.5. The van der Waals surface area contributed by atoms with Crippen LogP contribution in [0.15, 0.2) is 51.0 Å². The van der Waals surface area contributed by atoms with Gasteiger partial charge >= 0.3 is 23.6 Å². The standard InChI is InChI=1S/C23H24N2O12S/c1-12-4-7-16(8-5-12)38(32,33)37-19-17(11-34-13(2)26)36-22(20(19)35-14(3)27)25-10-15(6-9-18(28)29)21(30)24-23(25)31/h4-10,17,19-20,22H,11H2,1-3H3,(H,28,29)(H,24,30,31)/t17-,19+,20-,22-/m1/s1. The van der Waals surface area contributed by atoms with Gasteiger partial charge in [-0.2, -0.15) is 8.42 Å². The Bertz CT molecular complexity index is 1470. The molecule has 1 aliphatic rings. The van der Waals surface area contributed by atoms with Gasteiger partial charge in [0.15, 0.2) is 12.3 Å². The molecule has 14 nitrogen and oxygen atoms in total. The number of carboxylic acids is 1. The number of carbonyl (C=O) groups is 3. The van der Waals surface area contributed by atoms with E-state index in [9.17, 15) is 32.4 Å². The number of carboxylic acid groups (broad SMARTS) is 1. The topological polar surface area (TPSA) is 197 Å². The minimum atomic E-state index is -4.48. The second-order valence-electron chi connectivity index (χ2n) is 8.19. The number of H-pyrrole nitrogens is 1. The number of esters is 2. The Kier molecular flexibility index (Phi) is 8.65. The van der Waals surface area contributed by atoms with E-state index in [-0.39, 0.29) is 10.5 Å². The molecule has 0 bridgehead atoms. The van der Waals surface area contributed by atoms with Gasteiger partial charge in [-0.25, -0.2) is 9.59 Å². The second-order valence-corrected chi connectivity index (χ2v) is 9.76. The van der Waals surface area contributed by atoms with Gasteiger partial charge in [0.2, 0.25) is 0 Å². The number of hydrogen-bond donors (Lipinski definition) is 2. The summed E-state index contributed by atoms with van der Waals surface area (Å²) in [6, 6.07) is 5.67. The number of carbonyl (C=O) groups excluding carboxylic acids is 2. The zero-order valence-corrected chi connectivity index (χ0v) is 21.2. The summed E-state index contributed by atoms with van der Waals surface area (Å²) in [6.07, 6.45) is -3.60. The van der Waals surface area contributed by atoms with Gasteiger partial charge in [-0.05, 0) is 25.1 Å². The van der Waals surface area contributed by atoms with Crippen LogP contribution >= 0.6 is 0 Å². The van der Waals surface area contributed by atoms with Gasteiger partial charge < -0.3 is 19.3 Å². The summed E-state index contributed by atoms with van der Waals surface area (Å²) in [5.41, 5.74) is -1.45. The zero-order chi connectivity index (χ0) is 28.2. The maximum absolute atomic E-state index is 13.1. The molecular formula is C23H24N2O12S. The number of aryl methyl sites for hydroxylation is 1. The fraction of sp³-hybridized carbons (Fsp3) is 0.348. The van der Waals surface area contributed by atoms with Crippen molar-refractivity contribution in [2.24, 2.45) is 0 Å². The Morgan fingerprint density at radius 1 is 1.11 bits per heavy atom. The lowest BCUT2D eigenvalue weighted by Crippen LogP contribution is -2.43. The van der Waals surface area contributed by atoms with Crippen molar-refractivity contribution in [3.05, 3.63) is 68.5 Å². The summed E-state index contributed by atoms with van der Waals surface area (Å²) in [5, 5.41) is 8.87. The molecule has 204 valence electrons. The molecular weight excluding hydrogens is 528 g/mol. The number of ether oxygens (including phenoxy) is 3. The molecule has 2 N–H and O–H groups in total. The van der Waals surface area contributed by atoms with Crippen molar-refractivity contribution in [2.45, 2.75) is 50.2 Å². The maximum atomic E-state index is 13.1. The zero-order valence-electron chi connectivity index (χ0n) is 20.4. The molecule has 1 aromatic heterocycles. The highest BCUT2D eigenvalue weighted by Gasteiger charge is 2.51. The molecule has 0 radical (unpaired) electrons. The maximum Gasteiger partial charge on any atom is 0.330 e. The highest BCUT2D eigenvalue weighted by atomic mass is 32.2. The fourth-order valence-electron chi connectivity index (χ4n) is 3.58. The largest absolute Gasteiger partial charge is 0.478 e. The predicted octanol–water partition coefficient (Wildman–Crippen LogP) is 0.109. The Morgan fingerprint density at radius 2 is 1.76 bits per heavy atom. The summed E-state index contributed by atoms with van der Waals surface area (Å²) in [7, 11) is -4.48. The van der Waals surface area contributed by atoms with E-state index in [1.54, 1.807) is 6.92 Å². The summed E-state index contributed by atoms with van der Waals surface area (Å²) in [6.45, 7) is 3.34. The molecule has 38 heavy (non-hydrogen) atoms. The summed E-state index contributed by atoms with van der Waals surface area (Å²) < 4.78 is 48.4. The first-order valence-corrected chi connectivity index (χ1v) is 12.4. The van der Waals surface area contributed by atoms with Gasteiger partial charge in [0.25, 0.3) is 15.7 Å². The number of hydrogen-bond acceptors (Lipinski definition) is 11. The average Bonchev–Trinajstić information content (AvgIpc) is 3.12. The summed E-state index contributed by atoms with van der Waals surface area (Å²) in [4.78, 5) is 60.9. The van der Waals surface area contributed by atoms with E-state index in [1.807, 2.05) is 4.98 Å². The van der Waals surface area contributed by atoms with Crippen molar-refractivity contribution < 1.29 is 46.3 Å². The third-order valence-electron chi connectivity index (χ3n) is 5.26. The monoisotopic (exact) mass is 552 g/mol. The van der Waals surface area contributed by atoms with Gasteiger partial charge in [-0.1, -0.05) is 17.7 Å². The number of nitrogens with one attached hydrogen (secondary N) is 1.